The van der Waals surface area contributed by atoms with Gasteiger partial charge in [0, 0.05) is 6.54 Å². The zero-order valence-electron chi connectivity index (χ0n) is 19.5. The highest BCUT2D eigenvalue weighted by Crippen LogP contribution is 2.36. The number of methoxy groups -OCH3 is 3. The summed E-state index contributed by atoms with van der Waals surface area (Å²) in [7, 11) is 4.88. The van der Waals surface area contributed by atoms with Crippen LogP contribution in [0.2, 0.25) is 0 Å². The molecule has 0 fully saturated rings. The molecule has 4 aromatic rings. The predicted octanol–water partition coefficient (Wildman–Crippen LogP) is 4.06. The van der Waals surface area contributed by atoms with Gasteiger partial charge in [0.25, 0.3) is 0 Å². The van der Waals surface area contributed by atoms with Gasteiger partial charge in [-0.1, -0.05) is 6.07 Å². The van der Waals surface area contributed by atoms with Crippen LogP contribution in [0.5, 0.6) is 23.0 Å². The molecule has 2 aromatic heterocycles. The van der Waals surface area contributed by atoms with Gasteiger partial charge in [-0.05, 0) is 61.0 Å². The lowest BCUT2D eigenvalue weighted by Gasteiger charge is -2.12. The molecule has 2 N–H and O–H groups in total. The zero-order chi connectivity index (χ0) is 24.1. The lowest BCUT2D eigenvalue weighted by Crippen LogP contribution is -2.13. The lowest BCUT2D eigenvalue weighted by atomic mass is 10.1. The van der Waals surface area contributed by atoms with Crippen LogP contribution < -0.4 is 24.4 Å². The zero-order valence-corrected chi connectivity index (χ0v) is 20.4. The van der Waals surface area contributed by atoms with Crippen LogP contribution in [0.15, 0.2) is 52.8 Å². The van der Waals surface area contributed by atoms with E-state index >= 15 is 0 Å². The molecule has 0 atom stereocenters. The van der Waals surface area contributed by atoms with Gasteiger partial charge in [0.1, 0.15) is 17.0 Å². The molecule has 2 heterocycles. The minimum atomic E-state index is 0.145. The summed E-state index contributed by atoms with van der Waals surface area (Å²) in [6, 6.07) is 11.5. The van der Waals surface area contributed by atoms with Crippen LogP contribution in [0.25, 0.3) is 11.2 Å². The number of hydrogen-bond acceptors (Lipinski definition) is 8. The molecule has 0 unspecified atom stereocenters. The van der Waals surface area contributed by atoms with Gasteiger partial charge in [0.2, 0.25) is 0 Å². The number of H-pyrrole nitrogens is 1. The first-order valence-electron chi connectivity index (χ1n) is 10.8. The normalized spacial score (nSPS) is 10.9. The molecule has 0 radical (unpaired) electrons. The number of nitrogens with zero attached hydrogens (tertiary/aromatic N) is 3. The van der Waals surface area contributed by atoms with Gasteiger partial charge in [0.05, 0.1) is 39.2 Å². The molecule has 4 rings (SSSR count). The first kappa shape index (κ1) is 23.5. The number of nitrogens with one attached hydrogen (secondary N) is 2. The van der Waals surface area contributed by atoms with Crippen molar-refractivity contribution < 1.29 is 18.9 Å². The summed E-state index contributed by atoms with van der Waals surface area (Å²) in [4.78, 5) is 13.1. The quantitative estimate of drug-likeness (QED) is 0.352. The second kappa shape index (κ2) is 10.5. The Morgan fingerprint density at radius 2 is 1.79 bits per heavy atom. The molecule has 0 aliphatic carbocycles. The number of ether oxygens (including phenoxy) is 4. The maximum atomic E-state index is 8.23. The van der Waals surface area contributed by atoms with Gasteiger partial charge in [-0.2, -0.15) is 0 Å². The van der Waals surface area contributed by atoms with Crippen molar-refractivity contribution in [1.29, 1.82) is 5.41 Å². The van der Waals surface area contributed by atoms with Gasteiger partial charge >= 0.3 is 0 Å². The number of aromatic nitrogens is 4. The second-order valence-electron chi connectivity index (χ2n) is 7.31. The Morgan fingerprint density at radius 1 is 1.00 bits per heavy atom. The minimum absolute atomic E-state index is 0.145. The molecule has 0 bridgehead atoms. The summed E-state index contributed by atoms with van der Waals surface area (Å²) in [5.41, 5.74) is 2.50. The number of hydrogen-bond donors (Lipinski definition) is 2. The van der Waals surface area contributed by atoms with Crippen LogP contribution in [0, 0.1) is 5.41 Å². The van der Waals surface area contributed by atoms with E-state index in [0.717, 1.165) is 28.4 Å². The van der Waals surface area contributed by atoms with Gasteiger partial charge in [-0.15, -0.1) is 0 Å². The first-order chi connectivity index (χ1) is 16.6. The molecular formula is C24H27N5O4S. The van der Waals surface area contributed by atoms with Crippen molar-refractivity contribution in [3.63, 3.8) is 0 Å². The third-order valence-electron chi connectivity index (χ3n) is 5.24. The number of fused-ring (bicyclic) bond motifs is 1. The van der Waals surface area contributed by atoms with E-state index in [1.165, 1.54) is 11.8 Å². The molecule has 34 heavy (non-hydrogen) atoms. The summed E-state index contributed by atoms with van der Waals surface area (Å²) in [5, 5.41) is 8.87. The van der Waals surface area contributed by atoms with Gasteiger partial charge in [-0.25, -0.2) is 9.97 Å². The Bertz CT molecular complexity index is 1350. The second-order valence-corrected chi connectivity index (χ2v) is 8.34. The molecule has 0 spiro atoms. The molecule has 2 aromatic carbocycles. The highest BCUT2D eigenvalue weighted by atomic mass is 32.2. The van der Waals surface area contributed by atoms with E-state index < -0.39 is 0 Å². The van der Waals surface area contributed by atoms with Crippen molar-refractivity contribution in [3.05, 3.63) is 53.8 Å². The molecule has 0 aliphatic heterocycles. The van der Waals surface area contributed by atoms with E-state index in [0.29, 0.717) is 41.0 Å². The summed E-state index contributed by atoms with van der Waals surface area (Å²) >= 11 is 1.41. The van der Waals surface area contributed by atoms with E-state index in [1.54, 1.807) is 27.7 Å². The largest absolute Gasteiger partial charge is 0.497 e. The number of imidazole rings is 1. The standard InChI is InChI=1S/C24H27N5O4S/c1-5-33-19-12-15(6-8-17(19)31-3)10-11-29-14-26-22(25)21-23(29)28-24(27-21)34-20-13-16(30-2)7-9-18(20)32-4/h6-9,12-14,25H,5,10-11H2,1-4H3,(H,27,28). The SMILES string of the molecule is CCOc1cc(CCn2cnc(=N)c3[nH]c(Sc4cc(OC)ccc4OC)nc32)ccc1OC. The Balaban J connectivity index is 1.60. The lowest BCUT2D eigenvalue weighted by molar-refractivity contribution is 0.310. The van der Waals surface area contributed by atoms with Crippen molar-refractivity contribution in [3.8, 4) is 23.0 Å². The third-order valence-corrected chi connectivity index (χ3v) is 6.17. The van der Waals surface area contributed by atoms with Crippen molar-refractivity contribution in [2.45, 2.75) is 29.9 Å². The molecule has 0 aliphatic rings. The predicted molar refractivity (Wildman–Crippen MR) is 129 cm³/mol. The third kappa shape index (κ3) is 4.96. The van der Waals surface area contributed by atoms with Crippen LogP contribution in [-0.2, 0) is 13.0 Å². The molecule has 0 saturated heterocycles. The maximum absolute atomic E-state index is 8.23. The summed E-state index contributed by atoms with van der Waals surface area (Å²) in [6.45, 7) is 3.15. The molecule has 0 saturated carbocycles. The van der Waals surface area contributed by atoms with E-state index in [4.69, 9.17) is 29.3 Å². The number of benzene rings is 2. The van der Waals surface area contributed by atoms with Gasteiger partial charge in [-0.3, -0.25) is 5.41 Å². The molecule has 178 valence electrons. The maximum Gasteiger partial charge on any atom is 0.173 e. The van der Waals surface area contributed by atoms with Crippen molar-refractivity contribution >= 4 is 22.9 Å². The van der Waals surface area contributed by atoms with Gasteiger partial charge < -0.3 is 28.5 Å². The van der Waals surface area contributed by atoms with Crippen molar-refractivity contribution in [2.24, 2.45) is 0 Å². The Hall–Kier alpha value is -3.66. The fourth-order valence-electron chi connectivity index (χ4n) is 3.54. The van der Waals surface area contributed by atoms with E-state index in [2.05, 4.69) is 9.97 Å². The van der Waals surface area contributed by atoms with E-state index in [1.807, 2.05) is 47.9 Å². The minimum Gasteiger partial charge on any atom is -0.497 e. The Kier molecular flexibility index (Phi) is 7.27. The Morgan fingerprint density at radius 3 is 2.53 bits per heavy atom. The smallest absolute Gasteiger partial charge is 0.173 e. The van der Waals surface area contributed by atoms with Gasteiger partial charge in [0.15, 0.2) is 27.8 Å². The van der Waals surface area contributed by atoms with Crippen molar-refractivity contribution in [2.75, 3.05) is 27.9 Å². The highest BCUT2D eigenvalue weighted by molar-refractivity contribution is 7.99. The fourth-order valence-corrected chi connectivity index (χ4v) is 4.46. The topological polar surface area (TPSA) is 107 Å². The molecule has 0 amide bonds. The monoisotopic (exact) mass is 481 g/mol. The first-order valence-corrected chi connectivity index (χ1v) is 11.6. The average Bonchev–Trinajstić information content (AvgIpc) is 3.28. The van der Waals surface area contributed by atoms with Crippen LogP contribution in [0.3, 0.4) is 0 Å². The summed E-state index contributed by atoms with van der Waals surface area (Å²) in [6.07, 6.45) is 2.39. The average molecular weight is 482 g/mol. The molecular weight excluding hydrogens is 454 g/mol. The fraction of sp³-hybridized carbons (Fsp3) is 0.292. The molecule has 9 nitrogen and oxygen atoms in total. The summed E-state index contributed by atoms with van der Waals surface area (Å²) in [5.74, 6) is 2.88. The van der Waals surface area contributed by atoms with Crippen LogP contribution in [0.4, 0.5) is 0 Å². The summed E-state index contributed by atoms with van der Waals surface area (Å²) < 4.78 is 23.8. The Labute approximate surface area is 201 Å². The van der Waals surface area contributed by atoms with Crippen LogP contribution in [-0.4, -0.2) is 47.5 Å². The van der Waals surface area contributed by atoms with Crippen LogP contribution >= 0.6 is 11.8 Å². The van der Waals surface area contributed by atoms with E-state index in [-0.39, 0.29) is 5.49 Å². The van der Waals surface area contributed by atoms with Crippen LogP contribution in [0.1, 0.15) is 12.5 Å². The number of rotatable bonds is 10. The number of aryl methyl sites for hydroxylation is 2. The molecule has 10 heteroatoms. The highest BCUT2D eigenvalue weighted by Gasteiger charge is 2.14. The van der Waals surface area contributed by atoms with E-state index in [9.17, 15) is 0 Å². The number of aromatic amines is 1. The van der Waals surface area contributed by atoms with Crippen molar-refractivity contribution in [1.82, 2.24) is 19.5 Å².